The highest BCUT2D eigenvalue weighted by Gasteiger charge is 2.18. The Balaban J connectivity index is 1.79. The summed E-state index contributed by atoms with van der Waals surface area (Å²) in [6, 6.07) is 11.7. The first-order valence-electron chi connectivity index (χ1n) is 10.1. The minimum atomic E-state index is -1.25. The average molecular weight is 468 g/mol. The molecule has 0 aliphatic carbocycles. The van der Waals surface area contributed by atoms with Crippen molar-refractivity contribution in [1.29, 1.82) is 0 Å². The molecule has 5 N–H and O–H groups in total. The summed E-state index contributed by atoms with van der Waals surface area (Å²) in [5.41, 5.74) is 6.96. The maximum absolute atomic E-state index is 12.4. The lowest BCUT2D eigenvalue weighted by Gasteiger charge is -2.19. The van der Waals surface area contributed by atoms with Gasteiger partial charge >= 0.3 is 5.97 Å². The summed E-state index contributed by atoms with van der Waals surface area (Å²) in [7, 11) is 0. The Morgan fingerprint density at radius 3 is 2.27 bits per heavy atom. The topological polar surface area (TPSA) is 131 Å². The largest absolute Gasteiger partial charge is 0.506 e. The second-order valence-electron chi connectivity index (χ2n) is 8.47. The van der Waals surface area contributed by atoms with Crippen LogP contribution in [0.15, 0.2) is 52.9 Å². The van der Waals surface area contributed by atoms with Crippen molar-refractivity contribution >= 4 is 34.6 Å². The van der Waals surface area contributed by atoms with Crippen LogP contribution in [0.4, 0.5) is 5.69 Å². The molecule has 0 aliphatic rings. The molecule has 33 heavy (non-hydrogen) atoms. The predicted molar refractivity (Wildman–Crippen MR) is 129 cm³/mol. The Labute approximate surface area is 195 Å². The Kier molecular flexibility index (Phi) is 6.85. The molecule has 172 valence electrons. The molecule has 1 aromatic heterocycles. The van der Waals surface area contributed by atoms with Gasteiger partial charge in [-0.25, -0.2) is 10.2 Å². The van der Waals surface area contributed by atoms with Gasteiger partial charge in [-0.3, -0.25) is 15.5 Å². The summed E-state index contributed by atoms with van der Waals surface area (Å²) >= 11 is 1.38. The van der Waals surface area contributed by atoms with Crippen molar-refractivity contribution < 1.29 is 25.0 Å². The van der Waals surface area contributed by atoms with Crippen LogP contribution in [0.5, 0.6) is 5.75 Å². The second kappa shape index (κ2) is 9.43. The summed E-state index contributed by atoms with van der Waals surface area (Å²) in [5, 5.41) is 34.8. The zero-order chi connectivity index (χ0) is 24.3. The number of hydrazone groups is 1. The van der Waals surface area contributed by atoms with Crippen molar-refractivity contribution in [1.82, 2.24) is 5.43 Å². The molecule has 0 bridgehead atoms. The number of aromatic hydroxyl groups is 1. The molecule has 1 heterocycles. The fraction of sp³-hybridized carbons (Fsp3) is 0.208. The maximum atomic E-state index is 12.4. The van der Waals surface area contributed by atoms with Crippen LogP contribution in [0.2, 0.25) is 0 Å². The number of carboxylic acids is 1. The number of hydrogen-bond acceptors (Lipinski definition) is 7. The lowest BCUT2D eigenvalue weighted by molar-refractivity contribution is 0.0696. The van der Waals surface area contributed by atoms with Crippen molar-refractivity contribution in [3.63, 3.8) is 0 Å². The fourth-order valence-corrected chi connectivity index (χ4v) is 4.17. The summed E-state index contributed by atoms with van der Waals surface area (Å²) < 4.78 is 0. The SMILES string of the molecule is CC(=NNC(=O)c1ccc(C(=O)O)c(NO)c1)c1csc(-c2ccc(C(C)(C)C)cc2)c1O. The van der Waals surface area contributed by atoms with Crippen LogP contribution >= 0.6 is 11.3 Å². The van der Waals surface area contributed by atoms with Gasteiger partial charge in [0.1, 0.15) is 5.75 Å². The molecule has 0 atom stereocenters. The fourth-order valence-electron chi connectivity index (χ4n) is 3.16. The van der Waals surface area contributed by atoms with E-state index < -0.39 is 11.9 Å². The third kappa shape index (κ3) is 5.21. The van der Waals surface area contributed by atoms with E-state index in [1.165, 1.54) is 35.1 Å². The Bertz CT molecular complexity index is 1220. The van der Waals surface area contributed by atoms with Crippen LogP contribution in [-0.2, 0) is 5.41 Å². The van der Waals surface area contributed by atoms with Gasteiger partial charge in [-0.05, 0) is 41.7 Å². The molecular weight excluding hydrogens is 442 g/mol. The van der Waals surface area contributed by atoms with Gasteiger partial charge in [0.15, 0.2) is 0 Å². The van der Waals surface area contributed by atoms with Gasteiger partial charge in [-0.15, -0.1) is 11.3 Å². The van der Waals surface area contributed by atoms with Crippen molar-refractivity contribution in [3.8, 4) is 16.2 Å². The number of hydrogen-bond donors (Lipinski definition) is 5. The van der Waals surface area contributed by atoms with Crippen LogP contribution < -0.4 is 10.9 Å². The minimum absolute atomic E-state index is 0.0323. The molecule has 0 unspecified atom stereocenters. The van der Waals surface area contributed by atoms with Gasteiger partial charge < -0.3 is 10.2 Å². The standard InChI is InChI=1S/C24H25N3O5S/c1-13(25-26-22(29)15-7-10-17(23(30)31)19(11-15)27-32)18-12-33-21(20(18)28)14-5-8-16(9-6-14)24(2,3)4/h5-12,27-28,32H,1-4H3,(H,26,29)(H,30,31). The number of aromatic carboxylic acids is 1. The molecular formula is C24H25N3O5S. The number of nitrogens with zero attached hydrogens (tertiary/aromatic N) is 1. The molecule has 9 heteroatoms. The minimum Gasteiger partial charge on any atom is -0.506 e. The van der Waals surface area contributed by atoms with Crippen molar-refractivity contribution in [2.75, 3.05) is 5.48 Å². The van der Waals surface area contributed by atoms with Gasteiger partial charge in [0.05, 0.1) is 27.4 Å². The molecule has 0 saturated carbocycles. The highest BCUT2D eigenvalue weighted by molar-refractivity contribution is 7.14. The number of thiophene rings is 1. The number of carboxylic acid groups (broad SMARTS) is 1. The van der Waals surface area contributed by atoms with Gasteiger partial charge in [0.2, 0.25) is 0 Å². The highest BCUT2D eigenvalue weighted by Crippen LogP contribution is 2.39. The molecule has 0 spiro atoms. The van der Waals surface area contributed by atoms with Gasteiger partial charge in [-0.2, -0.15) is 5.10 Å². The Morgan fingerprint density at radius 1 is 1.03 bits per heavy atom. The molecule has 3 aromatic rings. The van der Waals surface area contributed by atoms with Gasteiger partial charge in [0, 0.05) is 10.9 Å². The first kappa shape index (κ1) is 24.0. The molecule has 1 amide bonds. The molecule has 0 aliphatic heterocycles. The summed E-state index contributed by atoms with van der Waals surface area (Å²) in [5.74, 6) is -1.77. The van der Waals surface area contributed by atoms with Crippen LogP contribution in [0, 0.1) is 0 Å². The zero-order valence-corrected chi connectivity index (χ0v) is 19.4. The number of carbonyl (C=O) groups is 2. The van der Waals surface area contributed by atoms with Gasteiger partial charge in [-0.1, -0.05) is 45.0 Å². The Hall–Kier alpha value is -3.69. The molecule has 0 saturated heterocycles. The van der Waals surface area contributed by atoms with Crippen LogP contribution in [0.3, 0.4) is 0 Å². The predicted octanol–water partition coefficient (Wildman–Crippen LogP) is 5.07. The van der Waals surface area contributed by atoms with E-state index in [9.17, 15) is 14.7 Å². The average Bonchev–Trinajstić information content (AvgIpc) is 3.17. The molecule has 0 radical (unpaired) electrons. The van der Waals surface area contributed by atoms with E-state index in [4.69, 9.17) is 10.3 Å². The second-order valence-corrected chi connectivity index (χ2v) is 9.35. The molecule has 0 fully saturated rings. The van der Waals surface area contributed by atoms with Crippen LogP contribution in [0.1, 0.15) is 59.5 Å². The van der Waals surface area contributed by atoms with E-state index >= 15 is 0 Å². The van der Waals surface area contributed by atoms with Crippen molar-refractivity contribution in [2.45, 2.75) is 33.1 Å². The summed E-state index contributed by atoms with van der Waals surface area (Å²) in [4.78, 5) is 24.3. The van der Waals surface area contributed by atoms with E-state index in [1.807, 2.05) is 24.3 Å². The first-order chi connectivity index (χ1) is 15.5. The lowest BCUT2D eigenvalue weighted by Crippen LogP contribution is -2.19. The lowest BCUT2D eigenvalue weighted by atomic mass is 9.86. The summed E-state index contributed by atoms with van der Waals surface area (Å²) in [6.45, 7) is 8.07. The zero-order valence-electron chi connectivity index (χ0n) is 18.6. The molecule has 2 aromatic carbocycles. The maximum Gasteiger partial charge on any atom is 0.337 e. The van der Waals surface area contributed by atoms with E-state index in [-0.39, 0.29) is 28.0 Å². The van der Waals surface area contributed by atoms with E-state index in [1.54, 1.807) is 17.8 Å². The first-order valence-corrected chi connectivity index (χ1v) is 10.9. The van der Waals surface area contributed by atoms with E-state index in [0.29, 0.717) is 16.2 Å². The Morgan fingerprint density at radius 2 is 1.70 bits per heavy atom. The van der Waals surface area contributed by atoms with E-state index in [2.05, 4.69) is 31.3 Å². The number of nitrogens with one attached hydrogen (secondary N) is 2. The number of anilines is 1. The monoisotopic (exact) mass is 467 g/mol. The van der Waals surface area contributed by atoms with Crippen molar-refractivity contribution in [2.24, 2.45) is 5.10 Å². The molecule has 3 rings (SSSR count). The number of amides is 1. The number of carbonyl (C=O) groups excluding carboxylic acids is 1. The van der Waals surface area contributed by atoms with Crippen LogP contribution in [-0.4, -0.2) is 33.0 Å². The van der Waals surface area contributed by atoms with Crippen molar-refractivity contribution in [3.05, 3.63) is 70.1 Å². The third-order valence-corrected chi connectivity index (χ3v) is 6.14. The quantitative estimate of drug-likeness (QED) is 0.254. The molecule has 8 nitrogen and oxygen atoms in total. The summed E-state index contributed by atoms with van der Waals surface area (Å²) in [6.07, 6.45) is 0. The number of benzene rings is 2. The third-order valence-electron chi connectivity index (χ3n) is 5.13. The smallest absolute Gasteiger partial charge is 0.337 e. The van der Waals surface area contributed by atoms with Gasteiger partial charge in [0.25, 0.3) is 5.91 Å². The highest BCUT2D eigenvalue weighted by atomic mass is 32.1. The normalized spacial score (nSPS) is 11.8. The van der Waals surface area contributed by atoms with Crippen LogP contribution in [0.25, 0.3) is 10.4 Å². The van der Waals surface area contributed by atoms with E-state index in [0.717, 1.165) is 5.56 Å². The number of rotatable bonds is 6.